The fourth-order valence-corrected chi connectivity index (χ4v) is 7.68. The summed E-state index contributed by atoms with van der Waals surface area (Å²) in [6.45, 7) is 0. The molecule has 4 heterocycles. The molecule has 0 amide bonds. The molecule has 0 radical (unpaired) electrons. The summed E-state index contributed by atoms with van der Waals surface area (Å²) in [6, 6.07) is 60.1. The Morgan fingerprint density at radius 3 is 1.69 bits per heavy atom. The van der Waals surface area contributed by atoms with Crippen molar-refractivity contribution in [2.45, 2.75) is 0 Å². The third-order valence-corrected chi connectivity index (χ3v) is 10.3. The number of aromatic nitrogens is 3. The zero-order chi connectivity index (χ0) is 35.6. The SMILES string of the molecule is c1ccc(-c2cc(-c3ccc(-c4nc5cc(-c6cccc7c6oc6ccccc67)ccc5c5oc6ccccc6c45)cc3)nc(-c3ccccc3)n2)cc1. The molecule has 54 heavy (non-hydrogen) atoms. The first-order chi connectivity index (χ1) is 26.7. The zero-order valence-corrected chi connectivity index (χ0v) is 28.9. The van der Waals surface area contributed by atoms with Crippen LogP contribution in [0.25, 0.3) is 111 Å². The summed E-state index contributed by atoms with van der Waals surface area (Å²) in [5.74, 6) is 0.688. The third-order valence-electron chi connectivity index (χ3n) is 10.3. The van der Waals surface area contributed by atoms with Gasteiger partial charge in [0.1, 0.15) is 22.3 Å². The van der Waals surface area contributed by atoms with Crippen LogP contribution in [0.2, 0.25) is 0 Å². The highest BCUT2D eigenvalue weighted by molar-refractivity contribution is 6.20. The lowest BCUT2D eigenvalue weighted by Crippen LogP contribution is -1.96. The van der Waals surface area contributed by atoms with Crippen LogP contribution in [-0.2, 0) is 0 Å². The molecule has 0 fully saturated rings. The molecule has 5 heteroatoms. The largest absolute Gasteiger partial charge is 0.455 e. The van der Waals surface area contributed by atoms with E-state index in [-0.39, 0.29) is 0 Å². The molecule has 0 N–H and O–H groups in total. The van der Waals surface area contributed by atoms with E-state index in [1.165, 1.54) is 0 Å². The van der Waals surface area contributed by atoms with Crippen LogP contribution in [-0.4, -0.2) is 15.0 Å². The molecule has 11 rings (SSSR count). The van der Waals surface area contributed by atoms with Gasteiger partial charge in [0.2, 0.25) is 0 Å². The van der Waals surface area contributed by atoms with Crippen molar-refractivity contribution in [1.82, 2.24) is 15.0 Å². The van der Waals surface area contributed by atoms with E-state index >= 15 is 0 Å². The Balaban J connectivity index is 1.07. The number of hydrogen-bond donors (Lipinski definition) is 0. The van der Waals surface area contributed by atoms with Gasteiger partial charge in [-0.15, -0.1) is 0 Å². The molecule has 11 aromatic rings. The predicted octanol–water partition coefficient (Wildman–Crippen LogP) is 13.2. The van der Waals surface area contributed by atoms with Gasteiger partial charge in [0, 0.05) is 49.4 Å². The van der Waals surface area contributed by atoms with Crippen LogP contribution in [0.3, 0.4) is 0 Å². The molecule has 0 saturated carbocycles. The van der Waals surface area contributed by atoms with Crippen molar-refractivity contribution in [3.63, 3.8) is 0 Å². The minimum Gasteiger partial charge on any atom is -0.455 e. The van der Waals surface area contributed by atoms with Gasteiger partial charge in [-0.3, -0.25) is 0 Å². The van der Waals surface area contributed by atoms with Crippen molar-refractivity contribution >= 4 is 54.8 Å². The molecular weight excluding hydrogens is 663 g/mol. The molecule has 4 aromatic heterocycles. The molecule has 7 aromatic carbocycles. The van der Waals surface area contributed by atoms with Gasteiger partial charge >= 0.3 is 0 Å². The Morgan fingerprint density at radius 1 is 0.352 bits per heavy atom. The first-order valence-electron chi connectivity index (χ1n) is 18.0. The van der Waals surface area contributed by atoms with E-state index in [0.29, 0.717) is 5.82 Å². The summed E-state index contributed by atoms with van der Waals surface area (Å²) in [6.07, 6.45) is 0. The molecule has 0 bridgehead atoms. The van der Waals surface area contributed by atoms with Gasteiger partial charge in [0.25, 0.3) is 0 Å². The fraction of sp³-hybridized carbons (Fsp3) is 0. The maximum atomic E-state index is 6.61. The number of nitrogens with zero attached hydrogens (tertiary/aromatic N) is 3. The zero-order valence-electron chi connectivity index (χ0n) is 28.9. The highest BCUT2D eigenvalue weighted by Crippen LogP contribution is 2.42. The summed E-state index contributed by atoms with van der Waals surface area (Å²) in [5, 5.41) is 5.20. The van der Waals surface area contributed by atoms with Crippen LogP contribution in [0.4, 0.5) is 0 Å². The van der Waals surface area contributed by atoms with Gasteiger partial charge in [-0.2, -0.15) is 0 Å². The molecule has 5 nitrogen and oxygen atoms in total. The standard InChI is InChI=1S/C49H29N3O2/c1-3-12-30(13-4-1)40-29-41(52-49(51-40)33-14-5-2-6-15-33)31-22-24-32(25-23-31)46-45-39-17-8-10-21-44(39)54-48(45)38-27-26-34(28-42(38)50-46)35-18-11-19-37-36-16-7-9-20-43(36)53-47(35)37/h1-29H. The summed E-state index contributed by atoms with van der Waals surface area (Å²) in [5.41, 5.74) is 12.9. The minimum absolute atomic E-state index is 0.688. The molecular formula is C49H29N3O2. The molecule has 0 atom stereocenters. The smallest absolute Gasteiger partial charge is 0.160 e. The summed E-state index contributed by atoms with van der Waals surface area (Å²) in [4.78, 5) is 15.4. The highest BCUT2D eigenvalue weighted by atomic mass is 16.3. The van der Waals surface area contributed by atoms with Crippen molar-refractivity contribution in [3.05, 3.63) is 176 Å². The number of fused-ring (bicyclic) bond motifs is 8. The Morgan fingerprint density at radius 2 is 0.926 bits per heavy atom. The molecule has 0 unspecified atom stereocenters. The van der Waals surface area contributed by atoms with E-state index in [4.69, 9.17) is 23.8 Å². The van der Waals surface area contributed by atoms with Crippen molar-refractivity contribution in [1.29, 1.82) is 0 Å². The second-order valence-corrected chi connectivity index (χ2v) is 13.5. The Hall–Kier alpha value is -7.37. The van der Waals surface area contributed by atoms with Crippen molar-refractivity contribution in [2.75, 3.05) is 0 Å². The Kier molecular flexibility index (Phi) is 6.79. The lowest BCUT2D eigenvalue weighted by molar-refractivity contribution is 0.670. The summed E-state index contributed by atoms with van der Waals surface area (Å²) in [7, 11) is 0. The topological polar surface area (TPSA) is 65.0 Å². The van der Waals surface area contributed by atoms with Gasteiger partial charge in [-0.25, -0.2) is 15.0 Å². The monoisotopic (exact) mass is 691 g/mol. The second kappa shape index (κ2) is 12.1. The molecule has 0 saturated heterocycles. The molecule has 0 aliphatic heterocycles. The number of pyridine rings is 1. The van der Waals surface area contributed by atoms with E-state index < -0.39 is 0 Å². The fourth-order valence-electron chi connectivity index (χ4n) is 7.68. The molecule has 0 spiro atoms. The average Bonchev–Trinajstić information content (AvgIpc) is 3.83. The van der Waals surface area contributed by atoms with E-state index in [1.807, 2.05) is 78.9 Å². The van der Waals surface area contributed by atoms with Crippen LogP contribution in [0.5, 0.6) is 0 Å². The normalized spacial score (nSPS) is 11.7. The Bertz CT molecular complexity index is 3140. The van der Waals surface area contributed by atoms with Crippen LogP contribution < -0.4 is 0 Å². The van der Waals surface area contributed by atoms with Crippen LogP contribution >= 0.6 is 0 Å². The van der Waals surface area contributed by atoms with Crippen LogP contribution in [0.15, 0.2) is 185 Å². The van der Waals surface area contributed by atoms with Crippen LogP contribution in [0.1, 0.15) is 0 Å². The molecule has 252 valence electrons. The van der Waals surface area contributed by atoms with E-state index in [2.05, 4.69) is 97.1 Å². The summed E-state index contributed by atoms with van der Waals surface area (Å²) < 4.78 is 13.0. The molecule has 0 aliphatic carbocycles. The van der Waals surface area contributed by atoms with Gasteiger partial charge < -0.3 is 8.83 Å². The van der Waals surface area contributed by atoms with Crippen LogP contribution in [0, 0.1) is 0 Å². The van der Waals surface area contributed by atoms with Crippen molar-refractivity contribution in [3.8, 4) is 56.3 Å². The van der Waals surface area contributed by atoms with Gasteiger partial charge in [-0.1, -0.05) is 146 Å². The number of rotatable bonds is 5. The van der Waals surface area contributed by atoms with E-state index in [0.717, 1.165) is 105 Å². The lowest BCUT2D eigenvalue weighted by Gasteiger charge is -2.11. The van der Waals surface area contributed by atoms with Crippen molar-refractivity contribution < 1.29 is 8.83 Å². The minimum atomic E-state index is 0.688. The summed E-state index contributed by atoms with van der Waals surface area (Å²) >= 11 is 0. The van der Waals surface area contributed by atoms with Gasteiger partial charge in [0.15, 0.2) is 5.82 Å². The maximum Gasteiger partial charge on any atom is 0.160 e. The van der Waals surface area contributed by atoms with Gasteiger partial charge in [0.05, 0.1) is 28.0 Å². The van der Waals surface area contributed by atoms with E-state index in [9.17, 15) is 0 Å². The number of benzene rings is 7. The first kappa shape index (κ1) is 30.3. The third kappa shape index (κ3) is 4.90. The first-order valence-corrected chi connectivity index (χ1v) is 18.0. The number of para-hydroxylation sites is 3. The van der Waals surface area contributed by atoms with Gasteiger partial charge in [-0.05, 0) is 35.9 Å². The second-order valence-electron chi connectivity index (χ2n) is 13.5. The predicted molar refractivity (Wildman–Crippen MR) is 219 cm³/mol. The van der Waals surface area contributed by atoms with E-state index in [1.54, 1.807) is 0 Å². The average molecular weight is 692 g/mol. The lowest BCUT2D eigenvalue weighted by atomic mass is 9.98. The number of hydrogen-bond acceptors (Lipinski definition) is 5. The maximum absolute atomic E-state index is 6.61. The highest BCUT2D eigenvalue weighted by Gasteiger charge is 2.20. The molecule has 0 aliphatic rings. The Labute approximate surface area is 309 Å². The quantitative estimate of drug-likeness (QED) is 0.180. The number of furan rings is 2. The van der Waals surface area contributed by atoms with Crippen molar-refractivity contribution in [2.24, 2.45) is 0 Å².